The first-order valence-electron chi connectivity index (χ1n) is 6.80. The van der Waals surface area contributed by atoms with Gasteiger partial charge in [-0.1, -0.05) is 6.07 Å². The van der Waals surface area contributed by atoms with Crippen LogP contribution in [0.4, 0.5) is 18.9 Å². The topological polar surface area (TPSA) is 15.3 Å². The Morgan fingerprint density at radius 1 is 1.30 bits per heavy atom. The zero-order chi connectivity index (χ0) is 15.1. The van der Waals surface area contributed by atoms with Gasteiger partial charge in [-0.3, -0.25) is 0 Å². The second kappa shape index (κ2) is 4.95. The van der Waals surface area contributed by atoms with Gasteiger partial charge in [0.25, 0.3) is 0 Å². The second-order valence-electron chi connectivity index (χ2n) is 6.24. The highest BCUT2D eigenvalue weighted by Gasteiger charge is 2.35. The molecule has 0 saturated carbocycles. The fraction of sp³-hybridized carbons (Fsp3) is 0.600. The third-order valence-electron chi connectivity index (χ3n) is 3.83. The number of anilines is 1. The Bertz CT molecular complexity index is 494. The summed E-state index contributed by atoms with van der Waals surface area (Å²) in [5.74, 6) is 0. The summed E-state index contributed by atoms with van der Waals surface area (Å²) >= 11 is 0. The maximum Gasteiger partial charge on any atom is 0.416 e. The first kappa shape index (κ1) is 15.2. The average molecular weight is 286 g/mol. The molecule has 0 bridgehead atoms. The first-order valence-corrected chi connectivity index (χ1v) is 6.80. The largest absolute Gasteiger partial charge is 0.416 e. The Morgan fingerprint density at radius 2 is 1.95 bits per heavy atom. The minimum Gasteiger partial charge on any atom is -0.366 e. The van der Waals surface area contributed by atoms with Crippen LogP contribution in [-0.2, 0) is 6.18 Å². The fourth-order valence-electron chi connectivity index (χ4n) is 2.61. The lowest BCUT2D eigenvalue weighted by atomic mass is 9.97. The van der Waals surface area contributed by atoms with Crippen LogP contribution >= 0.6 is 0 Å². The number of aryl methyl sites for hydroxylation is 1. The van der Waals surface area contributed by atoms with E-state index in [0.717, 1.165) is 6.54 Å². The van der Waals surface area contributed by atoms with E-state index in [-0.39, 0.29) is 17.1 Å². The molecule has 5 heteroatoms. The highest BCUT2D eigenvalue weighted by atomic mass is 19.4. The van der Waals surface area contributed by atoms with E-state index in [0.29, 0.717) is 12.2 Å². The lowest BCUT2D eigenvalue weighted by molar-refractivity contribution is -0.138. The summed E-state index contributed by atoms with van der Waals surface area (Å²) in [7, 11) is 0. The van der Waals surface area contributed by atoms with Crippen molar-refractivity contribution in [3.63, 3.8) is 0 Å². The van der Waals surface area contributed by atoms with E-state index in [4.69, 9.17) is 0 Å². The van der Waals surface area contributed by atoms with Crippen molar-refractivity contribution >= 4 is 5.69 Å². The highest BCUT2D eigenvalue weighted by Crippen LogP contribution is 2.35. The van der Waals surface area contributed by atoms with Gasteiger partial charge in [0.15, 0.2) is 0 Å². The molecule has 0 aromatic heterocycles. The summed E-state index contributed by atoms with van der Waals surface area (Å²) in [4.78, 5) is 2.05. The number of hydrogen-bond acceptors (Lipinski definition) is 2. The van der Waals surface area contributed by atoms with Crippen LogP contribution in [0, 0.1) is 6.92 Å². The molecule has 1 heterocycles. The van der Waals surface area contributed by atoms with E-state index in [9.17, 15) is 13.2 Å². The molecule has 1 fully saturated rings. The smallest absolute Gasteiger partial charge is 0.366 e. The fourth-order valence-corrected chi connectivity index (χ4v) is 2.61. The van der Waals surface area contributed by atoms with Crippen molar-refractivity contribution in [2.45, 2.75) is 45.5 Å². The summed E-state index contributed by atoms with van der Waals surface area (Å²) < 4.78 is 39.0. The number of benzene rings is 1. The molecule has 0 amide bonds. The summed E-state index contributed by atoms with van der Waals surface area (Å²) in [5, 5.41) is 3.40. The zero-order valence-corrected chi connectivity index (χ0v) is 12.3. The van der Waals surface area contributed by atoms with Crippen LogP contribution in [0.25, 0.3) is 0 Å². The maximum absolute atomic E-state index is 13.0. The lowest BCUT2D eigenvalue weighted by Crippen LogP contribution is -2.61. The number of piperazine rings is 1. The second-order valence-corrected chi connectivity index (χ2v) is 6.24. The van der Waals surface area contributed by atoms with Crippen molar-refractivity contribution in [1.82, 2.24) is 5.32 Å². The zero-order valence-electron chi connectivity index (χ0n) is 12.3. The van der Waals surface area contributed by atoms with Crippen LogP contribution in [0.5, 0.6) is 0 Å². The molecule has 0 radical (unpaired) electrons. The normalized spacial score (nSPS) is 22.9. The van der Waals surface area contributed by atoms with Crippen LogP contribution in [0.3, 0.4) is 0 Å². The predicted octanol–water partition coefficient (Wildman–Crippen LogP) is 3.59. The molecule has 1 saturated heterocycles. The molecule has 112 valence electrons. The Labute approximate surface area is 118 Å². The minimum absolute atomic E-state index is 0.101. The van der Waals surface area contributed by atoms with Gasteiger partial charge in [0, 0.05) is 30.4 Å². The van der Waals surface area contributed by atoms with Gasteiger partial charge in [0.2, 0.25) is 0 Å². The van der Waals surface area contributed by atoms with E-state index >= 15 is 0 Å². The number of hydrogen-bond donors (Lipinski definition) is 1. The molecule has 0 aliphatic carbocycles. The van der Waals surface area contributed by atoms with Gasteiger partial charge in [0.05, 0.1) is 5.56 Å². The van der Waals surface area contributed by atoms with Crippen molar-refractivity contribution in [1.29, 1.82) is 0 Å². The van der Waals surface area contributed by atoms with Crippen molar-refractivity contribution in [3.05, 3.63) is 29.3 Å². The van der Waals surface area contributed by atoms with Crippen molar-refractivity contribution in [2.24, 2.45) is 0 Å². The van der Waals surface area contributed by atoms with Gasteiger partial charge >= 0.3 is 6.18 Å². The number of halogens is 3. The molecule has 1 N–H and O–H groups in total. The molecular formula is C15H21F3N2. The highest BCUT2D eigenvalue weighted by molar-refractivity contribution is 5.53. The van der Waals surface area contributed by atoms with Gasteiger partial charge in [-0.05, 0) is 45.4 Å². The Morgan fingerprint density at radius 3 is 2.55 bits per heavy atom. The molecule has 1 aliphatic rings. The molecule has 2 nitrogen and oxygen atoms in total. The van der Waals surface area contributed by atoms with Crippen LogP contribution in [0.2, 0.25) is 0 Å². The van der Waals surface area contributed by atoms with Gasteiger partial charge < -0.3 is 10.2 Å². The van der Waals surface area contributed by atoms with Gasteiger partial charge in [-0.2, -0.15) is 13.2 Å². The number of nitrogens with zero attached hydrogens (tertiary/aromatic N) is 1. The molecule has 1 aliphatic heterocycles. The summed E-state index contributed by atoms with van der Waals surface area (Å²) in [6.45, 7) is 9.10. The molecule has 20 heavy (non-hydrogen) atoms. The Balaban J connectivity index is 2.37. The minimum atomic E-state index is -4.30. The van der Waals surface area contributed by atoms with Crippen molar-refractivity contribution < 1.29 is 13.2 Å². The summed E-state index contributed by atoms with van der Waals surface area (Å²) in [5.41, 5.74) is 0.266. The van der Waals surface area contributed by atoms with E-state index in [2.05, 4.69) is 19.2 Å². The van der Waals surface area contributed by atoms with Gasteiger partial charge in [-0.15, -0.1) is 0 Å². The van der Waals surface area contributed by atoms with Crippen molar-refractivity contribution in [3.8, 4) is 0 Å². The standard InChI is InChI=1S/C15H21F3N2/c1-10-5-6-12(7-13(10)15(16,17)18)20-9-14(3,4)19-8-11(20)2/h5-7,11,19H,8-9H2,1-4H3. The summed E-state index contributed by atoms with van der Waals surface area (Å²) in [6.07, 6.45) is -4.30. The predicted molar refractivity (Wildman–Crippen MR) is 75.1 cm³/mol. The van der Waals surface area contributed by atoms with Crippen molar-refractivity contribution in [2.75, 3.05) is 18.0 Å². The molecule has 1 unspecified atom stereocenters. The molecule has 1 aromatic carbocycles. The molecular weight excluding hydrogens is 265 g/mol. The van der Waals surface area contributed by atoms with Gasteiger partial charge in [-0.25, -0.2) is 0 Å². The molecule has 2 rings (SSSR count). The molecule has 1 aromatic rings. The van der Waals surface area contributed by atoms with E-state index in [1.54, 1.807) is 12.1 Å². The maximum atomic E-state index is 13.0. The lowest BCUT2D eigenvalue weighted by Gasteiger charge is -2.45. The number of rotatable bonds is 1. The third kappa shape index (κ3) is 3.08. The molecule has 1 atom stereocenters. The van der Waals surface area contributed by atoms with Gasteiger partial charge in [0.1, 0.15) is 0 Å². The Hall–Kier alpha value is -1.23. The van der Waals surface area contributed by atoms with E-state index in [1.165, 1.54) is 13.0 Å². The van der Waals surface area contributed by atoms with Crippen LogP contribution in [0.1, 0.15) is 31.9 Å². The SMILES string of the molecule is Cc1ccc(N2CC(C)(C)NCC2C)cc1C(F)(F)F. The van der Waals surface area contributed by atoms with E-state index < -0.39 is 11.7 Å². The monoisotopic (exact) mass is 286 g/mol. The summed E-state index contributed by atoms with van der Waals surface area (Å²) in [6, 6.07) is 4.78. The van der Waals surface area contributed by atoms with E-state index in [1.807, 2.05) is 11.8 Å². The quantitative estimate of drug-likeness (QED) is 0.848. The average Bonchev–Trinajstić information content (AvgIpc) is 2.32. The third-order valence-corrected chi connectivity index (χ3v) is 3.83. The Kier molecular flexibility index (Phi) is 3.75. The number of alkyl halides is 3. The van der Waals surface area contributed by atoms with Crippen LogP contribution < -0.4 is 10.2 Å². The van der Waals surface area contributed by atoms with Crippen LogP contribution in [0.15, 0.2) is 18.2 Å². The number of nitrogens with one attached hydrogen (secondary N) is 1. The molecule has 0 spiro atoms. The first-order chi connectivity index (χ1) is 9.10. The van der Waals surface area contributed by atoms with Crippen LogP contribution in [-0.4, -0.2) is 24.7 Å².